The molecule has 1 aromatic rings. The van der Waals surface area contributed by atoms with Crippen LogP contribution < -0.4 is 10.6 Å². The summed E-state index contributed by atoms with van der Waals surface area (Å²) >= 11 is 1.77. The van der Waals surface area contributed by atoms with Crippen molar-refractivity contribution in [3.05, 3.63) is 21.9 Å². The van der Waals surface area contributed by atoms with E-state index >= 15 is 0 Å². The highest BCUT2D eigenvalue weighted by molar-refractivity contribution is 7.10. The molecular formula is C17H25N3O2S. The van der Waals surface area contributed by atoms with Gasteiger partial charge in [-0.2, -0.15) is 0 Å². The second kappa shape index (κ2) is 7.81. The van der Waals surface area contributed by atoms with Crippen molar-refractivity contribution in [2.75, 3.05) is 13.1 Å². The summed E-state index contributed by atoms with van der Waals surface area (Å²) in [6.45, 7) is 1.91. The molecule has 1 saturated carbocycles. The Bertz CT molecular complexity index is 552. The Kier molecular flexibility index (Phi) is 5.54. The van der Waals surface area contributed by atoms with E-state index < -0.39 is 0 Å². The number of fused-ring (bicyclic) bond motifs is 1. The topological polar surface area (TPSA) is 61.4 Å². The Morgan fingerprint density at radius 3 is 2.91 bits per heavy atom. The molecule has 1 aromatic heterocycles. The normalized spacial score (nSPS) is 18.3. The maximum atomic E-state index is 12.3. The Balaban J connectivity index is 1.35. The zero-order valence-corrected chi connectivity index (χ0v) is 14.3. The fourth-order valence-electron chi connectivity index (χ4n) is 3.39. The third-order valence-electron chi connectivity index (χ3n) is 4.73. The van der Waals surface area contributed by atoms with Crippen LogP contribution in [0.3, 0.4) is 0 Å². The van der Waals surface area contributed by atoms with E-state index in [1.807, 2.05) is 4.90 Å². The largest absolute Gasteiger partial charge is 0.338 e. The van der Waals surface area contributed by atoms with Gasteiger partial charge in [-0.3, -0.25) is 4.79 Å². The monoisotopic (exact) mass is 335 g/mol. The van der Waals surface area contributed by atoms with Crippen LogP contribution >= 0.6 is 11.3 Å². The molecule has 3 rings (SSSR count). The Labute approximate surface area is 141 Å². The quantitative estimate of drug-likeness (QED) is 0.888. The van der Waals surface area contributed by atoms with Crippen LogP contribution in [0.1, 0.15) is 49.0 Å². The molecule has 0 aromatic carbocycles. The first kappa shape index (κ1) is 16.3. The summed E-state index contributed by atoms with van der Waals surface area (Å²) in [7, 11) is 0. The zero-order valence-electron chi connectivity index (χ0n) is 13.5. The molecule has 1 fully saturated rings. The summed E-state index contributed by atoms with van der Waals surface area (Å²) in [4.78, 5) is 27.4. The fraction of sp³-hybridized carbons (Fsp3) is 0.647. The summed E-state index contributed by atoms with van der Waals surface area (Å²) in [5.74, 6) is 0.125. The Hall–Kier alpha value is -1.56. The molecule has 0 saturated heterocycles. The lowest BCUT2D eigenvalue weighted by Gasteiger charge is -2.27. The fourth-order valence-corrected chi connectivity index (χ4v) is 4.28. The predicted octanol–water partition coefficient (Wildman–Crippen LogP) is 2.65. The van der Waals surface area contributed by atoms with Crippen molar-refractivity contribution in [1.29, 1.82) is 0 Å². The summed E-state index contributed by atoms with van der Waals surface area (Å²) in [5.41, 5.74) is 1.28. The third kappa shape index (κ3) is 4.47. The molecule has 1 aliphatic heterocycles. The summed E-state index contributed by atoms with van der Waals surface area (Å²) in [6.07, 6.45) is 7.14. The first-order valence-corrected chi connectivity index (χ1v) is 9.48. The second-order valence-electron chi connectivity index (χ2n) is 6.42. The maximum Gasteiger partial charge on any atom is 0.315 e. The van der Waals surface area contributed by atoms with Gasteiger partial charge in [-0.15, -0.1) is 11.3 Å². The Morgan fingerprint density at radius 1 is 1.26 bits per heavy atom. The average Bonchev–Trinajstić information content (AvgIpc) is 3.03. The van der Waals surface area contributed by atoms with Gasteiger partial charge in [-0.25, -0.2) is 4.79 Å². The highest BCUT2D eigenvalue weighted by atomic mass is 32.1. The summed E-state index contributed by atoms with van der Waals surface area (Å²) in [6, 6.07) is 2.27. The van der Waals surface area contributed by atoms with E-state index in [1.165, 1.54) is 29.7 Å². The number of carbonyl (C=O) groups excluding carboxylic acids is 2. The van der Waals surface area contributed by atoms with E-state index in [0.717, 1.165) is 25.8 Å². The van der Waals surface area contributed by atoms with Crippen LogP contribution in [0.15, 0.2) is 11.4 Å². The van der Waals surface area contributed by atoms with Gasteiger partial charge in [-0.05, 0) is 36.3 Å². The van der Waals surface area contributed by atoms with Crippen LogP contribution in [0.5, 0.6) is 0 Å². The number of amides is 3. The van der Waals surface area contributed by atoms with Gasteiger partial charge in [0, 0.05) is 37.0 Å². The lowest BCUT2D eigenvalue weighted by Crippen LogP contribution is -2.44. The average molecular weight is 335 g/mol. The third-order valence-corrected chi connectivity index (χ3v) is 5.75. The number of thiophene rings is 1. The van der Waals surface area contributed by atoms with E-state index in [1.54, 1.807) is 11.3 Å². The second-order valence-corrected chi connectivity index (χ2v) is 7.42. The molecule has 2 N–H and O–H groups in total. The minimum absolute atomic E-state index is 0.125. The van der Waals surface area contributed by atoms with E-state index in [4.69, 9.17) is 0 Å². The first-order chi connectivity index (χ1) is 11.2. The molecule has 6 heteroatoms. The van der Waals surface area contributed by atoms with Crippen LogP contribution in [0.25, 0.3) is 0 Å². The number of carbonyl (C=O) groups is 2. The van der Waals surface area contributed by atoms with Crippen LogP contribution in [-0.4, -0.2) is 36.0 Å². The molecule has 3 amide bonds. The zero-order chi connectivity index (χ0) is 16.1. The number of rotatable bonds is 4. The van der Waals surface area contributed by atoms with E-state index in [2.05, 4.69) is 22.1 Å². The van der Waals surface area contributed by atoms with Crippen LogP contribution in [0, 0.1) is 0 Å². The van der Waals surface area contributed by atoms with Gasteiger partial charge in [0.15, 0.2) is 0 Å². The van der Waals surface area contributed by atoms with Gasteiger partial charge in [0.2, 0.25) is 5.91 Å². The van der Waals surface area contributed by atoms with E-state index in [9.17, 15) is 9.59 Å². The van der Waals surface area contributed by atoms with Gasteiger partial charge in [0.05, 0.1) is 0 Å². The molecule has 126 valence electrons. The number of hydrogen-bond acceptors (Lipinski definition) is 3. The Morgan fingerprint density at radius 2 is 2.09 bits per heavy atom. The predicted molar refractivity (Wildman–Crippen MR) is 91.5 cm³/mol. The molecule has 0 atom stereocenters. The lowest BCUT2D eigenvalue weighted by molar-refractivity contribution is -0.131. The summed E-state index contributed by atoms with van der Waals surface area (Å²) < 4.78 is 0. The molecule has 0 unspecified atom stereocenters. The van der Waals surface area contributed by atoms with Crippen molar-refractivity contribution in [2.45, 2.75) is 57.5 Å². The molecular weight excluding hydrogens is 310 g/mol. The maximum absolute atomic E-state index is 12.3. The smallest absolute Gasteiger partial charge is 0.315 e. The first-order valence-electron chi connectivity index (χ1n) is 8.60. The molecule has 0 radical (unpaired) electrons. The van der Waals surface area contributed by atoms with Gasteiger partial charge in [0.25, 0.3) is 0 Å². The van der Waals surface area contributed by atoms with Crippen molar-refractivity contribution in [1.82, 2.24) is 15.5 Å². The van der Waals surface area contributed by atoms with Crippen molar-refractivity contribution in [2.24, 2.45) is 0 Å². The standard InChI is InChI=1S/C17H25N3O2S/c21-16(20-10-7-15-13(12-20)8-11-23-15)6-9-18-17(22)19-14-4-2-1-3-5-14/h8,11,14H,1-7,9-10,12H2,(H2,18,19,22). The van der Waals surface area contributed by atoms with Crippen molar-refractivity contribution >= 4 is 23.3 Å². The van der Waals surface area contributed by atoms with Crippen molar-refractivity contribution in [3.63, 3.8) is 0 Å². The van der Waals surface area contributed by atoms with Crippen LogP contribution in [-0.2, 0) is 17.8 Å². The number of nitrogens with zero attached hydrogens (tertiary/aromatic N) is 1. The molecule has 1 aliphatic carbocycles. The van der Waals surface area contributed by atoms with Gasteiger partial charge < -0.3 is 15.5 Å². The lowest BCUT2D eigenvalue weighted by atomic mass is 9.96. The van der Waals surface area contributed by atoms with Crippen LogP contribution in [0.2, 0.25) is 0 Å². The SMILES string of the molecule is O=C(NCCC(=O)N1CCc2sccc2C1)NC1CCCCC1. The van der Waals surface area contributed by atoms with Crippen LogP contribution in [0.4, 0.5) is 4.79 Å². The molecule has 0 spiro atoms. The summed E-state index contributed by atoms with van der Waals surface area (Å²) in [5, 5.41) is 7.92. The number of urea groups is 1. The van der Waals surface area contributed by atoms with Gasteiger partial charge in [-0.1, -0.05) is 19.3 Å². The van der Waals surface area contributed by atoms with E-state index in [-0.39, 0.29) is 11.9 Å². The molecule has 23 heavy (non-hydrogen) atoms. The van der Waals surface area contributed by atoms with Crippen molar-refractivity contribution in [3.8, 4) is 0 Å². The van der Waals surface area contributed by atoms with Gasteiger partial charge in [0.1, 0.15) is 0 Å². The minimum Gasteiger partial charge on any atom is -0.338 e. The van der Waals surface area contributed by atoms with Gasteiger partial charge >= 0.3 is 6.03 Å². The molecule has 0 bridgehead atoms. The number of nitrogens with one attached hydrogen (secondary N) is 2. The highest BCUT2D eigenvalue weighted by Gasteiger charge is 2.21. The van der Waals surface area contributed by atoms with E-state index in [0.29, 0.717) is 25.6 Å². The molecule has 2 heterocycles. The highest BCUT2D eigenvalue weighted by Crippen LogP contribution is 2.24. The molecule has 2 aliphatic rings. The number of hydrogen-bond donors (Lipinski definition) is 2. The van der Waals surface area contributed by atoms with Crippen molar-refractivity contribution < 1.29 is 9.59 Å². The molecule has 5 nitrogen and oxygen atoms in total. The minimum atomic E-state index is -0.136.